The minimum Gasteiger partial charge on any atom is -0.494 e. The topological polar surface area (TPSA) is 21.3 Å². The largest absolute Gasteiger partial charge is 0.494 e. The van der Waals surface area contributed by atoms with Crippen molar-refractivity contribution in [1.29, 1.82) is 0 Å². The van der Waals surface area contributed by atoms with E-state index in [-0.39, 0.29) is 17.6 Å². The van der Waals surface area contributed by atoms with Crippen molar-refractivity contribution >= 4 is 22.6 Å². The summed E-state index contributed by atoms with van der Waals surface area (Å²) >= 11 is 2.08. The highest BCUT2D eigenvalue weighted by molar-refractivity contribution is 14.1. The van der Waals surface area contributed by atoms with Crippen LogP contribution in [0.5, 0.6) is 5.75 Å². The minimum atomic E-state index is -0.414. The first kappa shape index (κ1) is 15.2. The average molecular weight is 389 g/mol. The van der Waals surface area contributed by atoms with Gasteiger partial charge in [-0.05, 0) is 65.0 Å². The summed E-state index contributed by atoms with van der Waals surface area (Å²) in [7, 11) is 3.21. The maximum Gasteiger partial charge on any atom is 0.165 e. The van der Waals surface area contributed by atoms with Crippen molar-refractivity contribution in [2.75, 3.05) is 14.2 Å². The van der Waals surface area contributed by atoms with Gasteiger partial charge in [-0.2, -0.15) is 0 Å². The van der Waals surface area contributed by atoms with Crippen LogP contribution in [0.2, 0.25) is 0 Å². The highest BCUT2D eigenvalue weighted by Crippen LogP contribution is 2.29. The molecule has 0 heterocycles. The molecule has 0 saturated heterocycles. The van der Waals surface area contributed by atoms with Crippen LogP contribution in [0.25, 0.3) is 0 Å². The van der Waals surface area contributed by atoms with Crippen LogP contribution in [0.4, 0.5) is 8.78 Å². The Hall–Kier alpha value is -1.21. The Morgan fingerprint density at radius 1 is 1.15 bits per heavy atom. The Bertz CT molecular complexity index is 619. The van der Waals surface area contributed by atoms with E-state index in [1.807, 2.05) is 0 Å². The van der Waals surface area contributed by atoms with E-state index in [2.05, 4.69) is 27.9 Å². The van der Waals surface area contributed by atoms with Crippen LogP contribution < -0.4 is 10.1 Å². The highest BCUT2D eigenvalue weighted by atomic mass is 127. The number of methoxy groups -OCH3 is 1. The summed E-state index contributed by atoms with van der Waals surface area (Å²) in [6.45, 7) is 0. The zero-order valence-corrected chi connectivity index (χ0v) is 13.2. The SMILES string of the molecule is CNC(c1ccc(OC)c(F)c1)c1ccc(F)cc1I. The molecule has 0 saturated carbocycles. The first-order chi connectivity index (χ1) is 9.56. The minimum absolute atomic E-state index is 0.206. The van der Waals surface area contributed by atoms with Crippen molar-refractivity contribution < 1.29 is 13.5 Å². The van der Waals surface area contributed by atoms with Gasteiger partial charge < -0.3 is 10.1 Å². The van der Waals surface area contributed by atoms with Crippen LogP contribution >= 0.6 is 22.6 Å². The molecule has 0 aliphatic heterocycles. The molecule has 0 aliphatic rings. The van der Waals surface area contributed by atoms with Gasteiger partial charge in [0.2, 0.25) is 0 Å². The highest BCUT2D eigenvalue weighted by Gasteiger charge is 2.17. The molecule has 20 heavy (non-hydrogen) atoms. The molecule has 0 bridgehead atoms. The summed E-state index contributed by atoms with van der Waals surface area (Å²) in [5.41, 5.74) is 1.66. The standard InChI is InChI=1S/C15H14F2INO/c1-19-15(11-5-4-10(16)8-13(11)18)9-3-6-14(20-2)12(17)7-9/h3-8,15,19H,1-2H3. The summed E-state index contributed by atoms with van der Waals surface area (Å²) in [5, 5.41) is 3.12. The summed E-state index contributed by atoms with van der Waals surface area (Å²) in [5.74, 6) is -0.492. The zero-order chi connectivity index (χ0) is 14.7. The molecule has 1 atom stereocenters. The molecule has 2 nitrogen and oxygen atoms in total. The van der Waals surface area contributed by atoms with E-state index in [0.29, 0.717) is 0 Å². The van der Waals surface area contributed by atoms with Gasteiger partial charge in [0, 0.05) is 3.57 Å². The molecular weight excluding hydrogens is 375 g/mol. The molecule has 0 spiro atoms. The van der Waals surface area contributed by atoms with Crippen molar-refractivity contribution in [2.45, 2.75) is 6.04 Å². The third-order valence-electron chi connectivity index (χ3n) is 3.07. The fourth-order valence-corrected chi connectivity index (χ4v) is 2.89. The first-order valence-electron chi connectivity index (χ1n) is 6.02. The molecule has 0 aromatic heterocycles. The molecule has 2 aromatic carbocycles. The average Bonchev–Trinajstić information content (AvgIpc) is 2.42. The molecule has 0 fully saturated rings. The Kier molecular flexibility index (Phi) is 4.93. The van der Waals surface area contributed by atoms with Gasteiger partial charge in [-0.15, -0.1) is 0 Å². The Balaban J connectivity index is 2.44. The lowest BCUT2D eigenvalue weighted by Crippen LogP contribution is -2.19. The maximum atomic E-state index is 13.8. The van der Waals surface area contributed by atoms with E-state index < -0.39 is 5.82 Å². The number of hydrogen-bond donors (Lipinski definition) is 1. The predicted molar refractivity (Wildman–Crippen MR) is 83.0 cm³/mol. The van der Waals surface area contributed by atoms with Crippen LogP contribution in [0.15, 0.2) is 36.4 Å². The molecule has 1 unspecified atom stereocenters. The molecule has 0 radical (unpaired) electrons. The van der Waals surface area contributed by atoms with E-state index in [0.717, 1.165) is 14.7 Å². The number of benzene rings is 2. The van der Waals surface area contributed by atoms with Gasteiger partial charge in [0.1, 0.15) is 5.82 Å². The lowest BCUT2D eigenvalue weighted by molar-refractivity contribution is 0.386. The fourth-order valence-electron chi connectivity index (χ4n) is 2.10. The van der Waals surface area contributed by atoms with Crippen LogP contribution in [-0.2, 0) is 0 Å². The Labute approximate surface area is 130 Å². The summed E-state index contributed by atoms with van der Waals surface area (Å²) in [6.07, 6.45) is 0. The second kappa shape index (κ2) is 6.49. The van der Waals surface area contributed by atoms with Gasteiger partial charge in [0.05, 0.1) is 13.2 Å². The number of rotatable bonds is 4. The van der Waals surface area contributed by atoms with Gasteiger partial charge in [-0.25, -0.2) is 8.78 Å². The smallest absolute Gasteiger partial charge is 0.165 e. The molecule has 1 N–H and O–H groups in total. The molecule has 2 rings (SSSR count). The van der Waals surface area contributed by atoms with Gasteiger partial charge in [0.15, 0.2) is 11.6 Å². The van der Waals surface area contributed by atoms with Crippen LogP contribution in [0, 0.1) is 15.2 Å². The van der Waals surface area contributed by atoms with E-state index in [9.17, 15) is 8.78 Å². The number of nitrogens with one attached hydrogen (secondary N) is 1. The molecule has 2 aromatic rings. The van der Waals surface area contributed by atoms with Crippen molar-refractivity contribution in [3.05, 3.63) is 62.7 Å². The van der Waals surface area contributed by atoms with Crippen molar-refractivity contribution in [1.82, 2.24) is 5.32 Å². The monoisotopic (exact) mass is 389 g/mol. The van der Waals surface area contributed by atoms with Crippen molar-refractivity contribution in [2.24, 2.45) is 0 Å². The molecule has 106 valence electrons. The molecule has 0 aliphatic carbocycles. The second-order valence-electron chi connectivity index (χ2n) is 4.28. The molecule has 0 amide bonds. The lowest BCUT2D eigenvalue weighted by Gasteiger charge is -2.19. The van der Waals surface area contributed by atoms with Gasteiger partial charge >= 0.3 is 0 Å². The number of ether oxygens (including phenoxy) is 1. The predicted octanol–water partition coefficient (Wildman–Crippen LogP) is 3.89. The zero-order valence-electron chi connectivity index (χ0n) is 11.1. The Morgan fingerprint density at radius 2 is 1.90 bits per heavy atom. The van der Waals surface area contributed by atoms with E-state index in [1.165, 1.54) is 25.3 Å². The number of halogens is 3. The number of hydrogen-bond acceptors (Lipinski definition) is 2. The third kappa shape index (κ3) is 3.09. The van der Waals surface area contributed by atoms with Gasteiger partial charge in [0.25, 0.3) is 0 Å². The summed E-state index contributed by atoms with van der Waals surface area (Å²) in [6, 6.07) is 9.18. The van der Waals surface area contributed by atoms with Crippen molar-refractivity contribution in [3.63, 3.8) is 0 Å². The second-order valence-corrected chi connectivity index (χ2v) is 5.44. The summed E-state index contributed by atoms with van der Waals surface area (Å²) in [4.78, 5) is 0. The van der Waals surface area contributed by atoms with E-state index in [1.54, 1.807) is 25.2 Å². The molecular formula is C15H14F2INO. The van der Waals surface area contributed by atoms with Crippen LogP contribution in [0.3, 0.4) is 0 Å². The van der Waals surface area contributed by atoms with E-state index in [4.69, 9.17) is 4.74 Å². The summed E-state index contributed by atoms with van der Waals surface area (Å²) < 4.78 is 32.7. The van der Waals surface area contributed by atoms with E-state index >= 15 is 0 Å². The van der Waals surface area contributed by atoms with Crippen LogP contribution in [-0.4, -0.2) is 14.2 Å². The maximum absolute atomic E-state index is 13.8. The van der Waals surface area contributed by atoms with Crippen molar-refractivity contribution in [3.8, 4) is 5.75 Å². The third-order valence-corrected chi connectivity index (χ3v) is 4.01. The van der Waals surface area contributed by atoms with Gasteiger partial charge in [-0.3, -0.25) is 0 Å². The molecule has 5 heteroatoms. The lowest BCUT2D eigenvalue weighted by atomic mass is 9.98. The fraction of sp³-hybridized carbons (Fsp3) is 0.200. The normalized spacial score (nSPS) is 12.2. The Morgan fingerprint density at radius 3 is 2.45 bits per heavy atom. The van der Waals surface area contributed by atoms with Crippen LogP contribution in [0.1, 0.15) is 17.2 Å². The van der Waals surface area contributed by atoms with Gasteiger partial charge in [-0.1, -0.05) is 12.1 Å². The first-order valence-corrected chi connectivity index (χ1v) is 7.10. The quantitative estimate of drug-likeness (QED) is 0.802.